The Morgan fingerprint density at radius 2 is 2.08 bits per heavy atom. The Hall–Kier alpha value is -2.04. The molecule has 1 heterocycles. The van der Waals surface area contributed by atoms with E-state index in [2.05, 4.69) is 0 Å². The van der Waals surface area contributed by atoms with Crippen LogP contribution in [0.2, 0.25) is 5.02 Å². The van der Waals surface area contributed by atoms with Crippen molar-refractivity contribution in [3.8, 4) is 5.75 Å². The van der Waals surface area contributed by atoms with Gasteiger partial charge in [-0.3, -0.25) is 4.79 Å². The van der Waals surface area contributed by atoms with Crippen LogP contribution in [0.15, 0.2) is 48.5 Å². The minimum atomic E-state index is -0.114. The molecule has 0 aromatic heterocycles. The van der Waals surface area contributed by atoms with Crippen molar-refractivity contribution in [1.82, 2.24) is 4.90 Å². The highest BCUT2D eigenvalue weighted by molar-refractivity contribution is 6.30. The first-order valence-corrected chi connectivity index (χ1v) is 8.81. The normalized spacial score (nSPS) is 17.4. The van der Waals surface area contributed by atoms with Crippen molar-refractivity contribution in [2.45, 2.75) is 18.9 Å². The van der Waals surface area contributed by atoms with E-state index in [0.717, 1.165) is 23.3 Å². The summed E-state index contributed by atoms with van der Waals surface area (Å²) in [7, 11) is 1.65. The van der Waals surface area contributed by atoms with Crippen LogP contribution < -0.4 is 4.74 Å². The Balaban J connectivity index is 1.56. The number of benzene rings is 2. The molecule has 1 amide bonds. The van der Waals surface area contributed by atoms with Gasteiger partial charge in [0.25, 0.3) is 0 Å². The maximum Gasteiger partial charge on any atom is 0.223 e. The summed E-state index contributed by atoms with van der Waals surface area (Å²) in [6, 6.07) is 15.5. The Kier molecular flexibility index (Phi) is 5.95. The lowest BCUT2D eigenvalue weighted by Gasteiger charge is -2.33. The monoisotopic (exact) mass is 359 g/mol. The van der Waals surface area contributed by atoms with Crippen LogP contribution in [0.5, 0.6) is 5.75 Å². The zero-order chi connectivity index (χ0) is 17.6. The van der Waals surface area contributed by atoms with Crippen LogP contribution in [-0.2, 0) is 16.0 Å². The third kappa shape index (κ3) is 4.74. The second kappa shape index (κ2) is 8.37. The van der Waals surface area contributed by atoms with Gasteiger partial charge in [-0.05, 0) is 41.8 Å². The van der Waals surface area contributed by atoms with Gasteiger partial charge in [-0.25, -0.2) is 0 Å². The summed E-state index contributed by atoms with van der Waals surface area (Å²) in [6.45, 7) is 1.76. The maximum atomic E-state index is 12.6. The van der Waals surface area contributed by atoms with E-state index in [-0.39, 0.29) is 12.0 Å². The first kappa shape index (κ1) is 17.8. The van der Waals surface area contributed by atoms with Gasteiger partial charge in [-0.2, -0.15) is 0 Å². The lowest BCUT2D eigenvalue weighted by Crippen LogP contribution is -2.42. The van der Waals surface area contributed by atoms with Crippen molar-refractivity contribution in [3.05, 3.63) is 64.7 Å². The molecule has 2 aromatic carbocycles. The van der Waals surface area contributed by atoms with Crippen molar-refractivity contribution in [2.75, 3.05) is 26.8 Å². The number of rotatable bonds is 5. The van der Waals surface area contributed by atoms with Crippen LogP contribution in [0.25, 0.3) is 0 Å². The number of aryl methyl sites for hydroxylation is 1. The molecule has 1 atom stereocenters. The molecule has 132 valence electrons. The third-order valence-corrected chi connectivity index (χ3v) is 4.66. The Labute approximate surface area is 153 Å². The second-order valence-corrected chi connectivity index (χ2v) is 6.54. The number of hydrogen-bond acceptors (Lipinski definition) is 3. The molecular weight excluding hydrogens is 338 g/mol. The number of nitrogens with zero attached hydrogens (tertiary/aromatic N) is 1. The van der Waals surface area contributed by atoms with Gasteiger partial charge >= 0.3 is 0 Å². The van der Waals surface area contributed by atoms with Gasteiger partial charge in [0.15, 0.2) is 0 Å². The number of ether oxygens (including phenoxy) is 2. The first-order valence-electron chi connectivity index (χ1n) is 8.43. The van der Waals surface area contributed by atoms with Gasteiger partial charge < -0.3 is 14.4 Å². The molecule has 4 nitrogen and oxygen atoms in total. The van der Waals surface area contributed by atoms with Crippen molar-refractivity contribution in [3.63, 3.8) is 0 Å². The van der Waals surface area contributed by atoms with E-state index in [4.69, 9.17) is 21.1 Å². The van der Waals surface area contributed by atoms with Gasteiger partial charge in [-0.15, -0.1) is 0 Å². The maximum absolute atomic E-state index is 12.6. The molecule has 3 rings (SSSR count). The lowest BCUT2D eigenvalue weighted by molar-refractivity contribution is -0.139. The number of methoxy groups -OCH3 is 1. The van der Waals surface area contributed by atoms with Crippen molar-refractivity contribution in [1.29, 1.82) is 0 Å². The largest absolute Gasteiger partial charge is 0.497 e. The number of amides is 1. The van der Waals surface area contributed by atoms with Crippen LogP contribution in [0.1, 0.15) is 23.7 Å². The molecule has 25 heavy (non-hydrogen) atoms. The molecule has 0 spiro atoms. The molecule has 1 saturated heterocycles. The smallest absolute Gasteiger partial charge is 0.223 e. The van der Waals surface area contributed by atoms with Crippen LogP contribution in [0.3, 0.4) is 0 Å². The Morgan fingerprint density at radius 3 is 2.80 bits per heavy atom. The van der Waals surface area contributed by atoms with Crippen LogP contribution >= 0.6 is 11.6 Å². The Bertz CT molecular complexity index is 717. The highest BCUT2D eigenvalue weighted by Crippen LogP contribution is 2.25. The molecule has 5 heteroatoms. The average Bonchev–Trinajstić information content (AvgIpc) is 2.66. The fourth-order valence-electron chi connectivity index (χ4n) is 2.99. The molecule has 1 aliphatic rings. The van der Waals surface area contributed by atoms with Gasteiger partial charge in [0, 0.05) is 18.0 Å². The number of hydrogen-bond donors (Lipinski definition) is 0. The topological polar surface area (TPSA) is 38.8 Å². The van der Waals surface area contributed by atoms with Crippen molar-refractivity contribution in [2.24, 2.45) is 0 Å². The van der Waals surface area contributed by atoms with Crippen LogP contribution in [-0.4, -0.2) is 37.6 Å². The lowest BCUT2D eigenvalue weighted by atomic mass is 10.1. The molecule has 1 aliphatic heterocycles. The van der Waals surface area contributed by atoms with E-state index in [1.165, 1.54) is 0 Å². The number of carbonyl (C=O) groups excluding carboxylic acids is 1. The predicted molar refractivity (Wildman–Crippen MR) is 98.0 cm³/mol. The summed E-state index contributed by atoms with van der Waals surface area (Å²) in [6.07, 6.45) is 1.11. The summed E-state index contributed by atoms with van der Waals surface area (Å²) < 4.78 is 11.0. The van der Waals surface area contributed by atoms with Gasteiger partial charge in [-0.1, -0.05) is 35.9 Å². The molecule has 0 aliphatic carbocycles. The van der Waals surface area contributed by atoms with E-state index < -0.39 is 0 Å². The summed E-state index contributed by atoms with van der Waals surface area (Å²) in [5.74, 6) is 0.985. The standard InChI is InChI=1S/C20H22ClNO3/c1-24-18-8-5-15(6-9-18)7-10-20(23)22-11-12-25-19(14-22)16-3-2-4-17(21)13-16/h2-6,8-9,13,19H,7,10-12,14H2,1H3. The minimum Gasteiger partial charge on any atom is -0.497 e. The van der Waals surface area contributed by atoms with Gasteiger partial charge in [0.05, 0.1) is 20.3 Å². The summed E-state index contributed by atoms with van der Waals surface area (Å²) >= 11 is 6.06. The SMILES string of the molecule is COc1ccc(CCC(=O)N2CCOC(c3cccc(Cl)c3)C2)cc1. The van der Waals surface area contributed by atoms with Crippen LogP contribution in [0, 0.1) is 0 Å². The third-order valence-electron chi connectivity index (χ3n) is 4.43. The van der Waals surface area contributed by atoms with Crippen LogP contribution in [0.4, 0.5) is 0 Å². The molecule has 1 unspecified atom stereocenters. The zero-order valence-corrected chi connectivity index (χ0v) is 15.0. The fraction of sp³-hybridized carbons (Fsp3) is 0.350. The molecule has 2 aromatic rings. The van der Waals surface area contributed by atoms with E-state index in [9.17, 15) is 4.79 Å². The molecule has 0 bridgehead atoms. The van der Waals surface area contributed by atoms with E-state index in [0.29, 0.717) is 31.1 Å². The molecular formula is C20H22ClNO3. The number of carbonyl (C=O) groups is 1. The quantitative estimate of drug-likeness (QED) is 0.813. The van der Waals surface area contributed by atoms with Crippen molar-refractivity contribution < 1.29 is 14.3 Å². The molecule has 0 N–H and O–H groups in total. The molecule has 1 fully saturated rings. The summed E-state index contributed by atoms with van der Waals surface area (Å²) in [4.78, 5) is 14.4. The highest BCUT2D eigenvalue weighted by Gasteiger charge is 2.25. The number of morpholine rings is 1. The predicted octanol–water partition coefficient (Wildman–Crippen LogP) is 3.88. The summed E-state index contributed by atoms with van der Waals surface area (Å²) in [5, 5.41) is 0.684. The number of halogens is 1. The Morgan fingerprint density at radius 1 is 1.28 bits per heavy atom. The highest BCUT2D eigenvalue weighted by atomic mass is 35.5. The zero-order valence-electron chi connectivity index (χ0n) is 14.3. The second-order valence-electron chi connectivity index (χ2n) is 6.10. The fourth-order valence-corrected chi connectivity index (χ4v) is 3.18. The van der Waals surface area contributed by atoms with Gasteiger partial charge in [0.2, 0.25) is 5.91 Å². The summed E-state index contributed by atoms with van der Waals surface area (Å²) in [5.41, 5.74) is 2.15. The molecule has 0 saturated carbocycles. The van der Waals surface area contributed by atoms with E-state index in [1.807, 2.05) is 53.4 Å². The first-order chi connectivity index (χ1) is 12.2. The van der Waals surface area contributed by atoms with Gasteiger partial charge in [0.1, 0.15) is 11.9 Å². The van der Waals surface area contributed by atoms with E-state index in [1.54, 1.807) is 7.11 Å². The minimum absolute atomic E-state index is 0.114. The average molecular weight is 360 g/mol. The van der Waals surface area contributed by atoms with Crippen molar-refractivity contribution >= 4 is 17.5 Å². The van der Waals surface area contributed by atoms with E-state index >= 15 is 0 Å². The molecule has 0 radical (unpaired) electrons.